The molecule has 1 atom stereocenters. The van der Waals surface area contributed by atoms with Crippen LogP contribution in [0.2, 0.25) is 0 Å². The monoisotopic (exact) mass is 167 g/mol. The molecule has 1 rings (SSSR count). The molecule has 12 heavy (non-hydrogen) atoms. The summed E-state index contributed by atoms with van der Waals surface area (Å²) in [5.41, 5.74) is 8.40. The molecule has 1 aliphatic rings. The maximum absolute atomic E-state index is 7.45. The lowest BCUT2D eigenvalue weighted by atomic mass is 10.0. The highest BCUT2D eigenvalue weighted by Gasteiger charge is 2.22. The Morgan fingerprint density at radius 3 is 3.25 bits per heavy atom. The number of hydrazone groups is 1. The van der Waals surface area contributed by atoms with E-state index in [0.29, 0.717) is 5.71 Å². The maximum atomic E-state index is 7.45. The van der Waals surface area contributed by atoms with Crippen LogP contribution in [0.1, 0.15) is 13.3 Å². The van der Waals surface area contributed by atoms with Crippen molar-refractivity contribution in [3.8, 4) is 0 Å². The number of hydrogen-bond donors (Lipinski definition) is 3. The lowest BCUT2D eigenvalue weighted by Gasteiger charge is -2.09. The van der Waals surface area contributed by atoms with E-state index in [9.17, 15) is 0 Å². The van der Waals surface area contributed by atoms with Crippen LogP contribution < -0.4 is 11.2 Å². The fourth-order valence-electron chi connectivity index (χ4n) is 1.20. The highest BCUT2D eigenvalue weighted by Crippen LogP contribution is 2.13. The summed E-state index contributed by atoms with van der Waals surface area (Å²) in [6, 6.07) is 0. The van der Waals surface area contributed by atoms with Crippen LogP contribution in [0.4, 0.5) is 0 Å². The summed E-state index contributed by atoms with van der Waals surface area (Å²) in [6.07, 6.45) is 2.08. The molecule has 1 unspecified atom stereocenters. The van der Waals surface area contributed by atoms with Gasteiger partial charge in [-0.2, -0.15) is 5.10 Å². The Kier molecular flexibility index (Phi) is 2.79. The lowest BCUT2D eigenvalue weighted by Crippen LogP contribution is -2.28. The van der Waals surface area contributed by atoms with E-state index in [-0.39, 0.29) is 5.92 Å². The molecule has 1 aliphatic heterocycles. The van der Waals surface area contributed by atoms with E-state index in [1.54, 1.807) is 6.92 Å². The van der Waals surface area contributed by atoms with Crippen molar-refractivity contribution in [1.82, 2.24) is 5.43 Å². The lowest BCUT2D eigenvalue weighted by molar-refractivity contribution is 0.824. The zero-order valence-electron chi connectivity index (χ0n) is 7.04. The van der Waals surface area contributed by atoms with Crippen LogP contribution in [0.15, 0.2) is 10.1 Å². The van der Waals surface area contributed by atoms with Crippen molar-refractivity contribution in [2.75, 3.05) is 6.54 Å². The van der Waals surface area contributed by atoms with E-state index in [2.05, 4.69) is 15.5 Å². The Hall–Kier alpha value is -1.39. The minimum absolute atomic E-state index is 0.105. The third-order valence-electron chi connectivity index (χ3n) is 1.81. The number of rotatable bonds is 2. The molecule has 0 aliphatic carbocycles. The van der Waals surface area contributed by atoms with Gasteiger partial charge < -0.3 is 11.1 Å². The van der Waals surface area contributed by atoms with Gasteiger partial charge in [0, 0.05) is 12.3 Å². The Morgan fingerprint density at radius 2 is 2.67 bits per heavy atom. The first kappa shape index (κ1) is 8.70. The molecule has 0 aromatic heterocycles. The fourth-order valence-corrected chi connectivity index (χ4v) is 1.20. The largest absolute Gasteiger partial charge is 0.388 e. The fraction of sp³-hybridized carbons (Fsp3) is 0.571. The number of nitrogens with one attached hydrogen (secondary N) is 2. The number of nitrogens with zero attached hydrogens (tertiary/aromatic N) is 2. The van der Waals surface area contributed by atoms with E-state index in [1.165, 1.54) is 6.34 Å². The predicted octanol–water partition coefficient (Wildman–Crippen LogP) is -0.0639. The molecule has 0 fully saturated rings. The van der Waals surface area contributed by atoms with Crippen molar-refractivity contribution in [2.45, 2.75) is 13.3 Å². The van der Waals surface area contributed by atoms with Crippen molar-refractivity contribution in [1.29, 1.82) is 5.41 Å². The first-order valence-corrected chi connectivity index (χ1v) is 3.84. The molecule has 0 saturated carbocycles. The van der Waals surface area contributed by atoms with Gasteiger partial charge in [0.2, 0.25) is 0 Å². The Morgan fingerprint density at radius 1 is 1.92 bits per heavy atom. The molecule has 0 bridgehead atoms. The molecule has 5 nitrogen and oxygen atoms in total. The summed E-state index contributed by atoms with van der Waals surface area (Å²) in [5, 5.41) is 11.1. The smallest absolute Gasteiger partial charge is 0.126 e. The van der Waals surface area contributed by atoms with Crippen molar-refractivity contribution >= 4 is 17.9 Å². The van der Waals surface area contributed by atoms with Gasteiger partial charge in [-0.3, -0.25) is 10.4 Å². The van der Waals surface area contributed by atoms with Gasteiger partial charge in [0.25, 0.3) is 0 Å². The maximum Gasteiger partial charge on any atom is 0.126 e. The first-order chi connectivity index (χ1) is 5.75. The second-order valence-electron chi connectivity index (χ2n) is 2.68. The third kappa shape index (κ3) is 1.81. The highest BCUT2D eigenvalue weighted by molar-refractivity contribution is 6.05. The van der Waals surface area contributed by atoms with Gasteiger partial charge in [-0.15, -0.1) is 0 Å². The molecule has 0 amide bonds. The van der Waals surface area contributed by atoms with Crippen LogP contribution in [0.5, 0.6) is 0 Å². The van der Waals surface area contributed by atoms with Crippen LogP contribution >= 0.6 is 0 Å². The van der Waals surface area contributed by atoms with Crippen molar-refractivity contribution in [3.05, 3.63) is 0 Å². The second kappa shape index (κ2) is 3.85. The Labute approximate surface area is 71.3 Å². The standard InChI is InChI=1S/C7H13N5/c1-5(9)6-2-3-10-7(6)12-11-4-8/h4,6,9H,2-3H2,1H3,(H2,8,11)(H,10,12). The van der Waals surface area contributed by atoms with Crippen LogP contribution in [-0.4, -0.2) is 24.4 Å². The molecular formula is C7H13N5. The zero-order valence-corrected chi connectivity index (χ0v) is 7.04. The van der Waals surface area contributed by atoms with E-state index in [0.717, 1.165) is 18.8 Å². The van der Waals surface area contributed by atoms with Crippen LogP contribution in [0.25, 0.3) is 0 Å². The molecule has 0 radical (unpaired) electrons. The average molecular weight is 167 g/mol. The number of hydrogen-bond acceptors (Lipinski definition) is 4. The predicted molar refractivity (Wildman–Crippen MR) is 49.6 cm³/mol. The Balaban J connectivity index is 2.56. The average Bonchev–Trinajstić information content (AvgIpc) is 2.48. The Bertz CT molecular complexity index is 230. The molecule has 1 heterocycles. The summed E-state index contributed by atoms with van der Waals surface area (Å²) in [7, 11) is 0. The second-order valence-corrected chi connectivity index (χ2v) is 2.68. The van der Waals surface area contributed by atoms with Gasteiger partial charge in [0.05, 0.1) is 5.92 Å². The topological polar surface area (TPSA) is 86.6 Å². The molecule has 0 aromatic rings. The third-order valence-corrected chi connectivity index (χ3v) is 1.81. The molecular weight excluding hydrogens is 154 g/mol. The van der Waals surface area contributed by atoms with Crippen LogP contribution in [-0.2, 0) is 0 Å². The molecule has 0 aromatic carbocycles. The quantitative estimate of drug-likeness (QED) is 0.305. The minimum atomic E-state index is 0.105. The van der Waals surface area contributed by atoms with Crippen molar-refractivity contribution in [2.24, 2.45) is 21.7 Å². The van der Waals surface area contributed by atoms with E-state index < -0.39 is 0 Å². The van der Waals surface area contributed by atoms with Crippen molar-refractivity contribution < 1.29 is 0 Å². The number of amidine groups is 1. The molecule has 66 valence electrons. The molecule has 5 heteroatoms. The normalized spacial score (nSPS) is 22.8. The summed E-state index contributed by atoms with van der Waals surface area (Å²) in [5.74, 6) is 0.859. The molecule has 0 saturated heterocycles. The summed E-state index contributed by atoms with van der Waals surface area (Å²) < 4.78 is 0. The van der Waals surface area contributed by atoms with Gasteiger partial charge >= 0.3 is 0 Å². The van der Waals surface area contributed by atoms with Gasteiger partial charge in [0.15, 0.2) is 0 Å². The van der Waals surface area contributed by atoms with E-state index in [1.807, 2.05) is 0 Å². The first-order valence-electron chi connectivity index (χ1n) is 3.84. The minimum Gasteiger partial charge on any atom is -0.388 e. The summed E-state index contributed by atoms with van der Waals surface area (Å²) in [4.78, 5) is 4.17. The summed E-state index contributed by atoms with van der Waals surface area (Å²) in [6.45, 7) is 2.54. The van der Waals surface area contributed by atoms with Gasteiger partial charge in [-0.1, -0.05) is 0 Å². The SMILES string of the molecule is CC(=N)C1CCN=C1NN=CN. The summed E-state index contributed by atoms with van der Waals surface area (Å²) >= 11 is 0. The molecule has 4 N–H and O–H groups in total. The zero-order chi connectivity index (χ0) is 8.97. The van der Waals surface area contributed by atoms with Crippen LogP contribution in [0, 0.1) is 11.3 Å². The van der Waals surface area contributed by atoms with Crippen LogP contribution in [0.3, 0.4) is 0 Å². The highest BCUT2D eigenvalue weighted by atomic mass is 15.3. The van der Waals surface area contributed by atoms with Gasteiger partial charge in [0.1, 0.15) is 12.2 Å². The van der Waals surface area contributed by atoms with Crippen molar-refractivity contribution in [3.63, 3.8) is 0 Å². The van der Waals surface area contributed by atoms with Gasteiger partial charge in [-0.25, -0.2) is 0 Å². The number of aliphatic imine (C=N–C) groups is 1. The van der Waals surface area contributed by atoms with E-state index >= 15 is 0 Å². The van der Waals surface area contributed by atoms with E-state index in [4.69, 9.17) is 11.1 Å². The van der Waals surface area contributed by atoms with Gasteiger partial charge in [-0.05, 0) is 13.3 Å². The number of nitrogens with two attached hydrogens (primary N) is 1. The molecule has 0 spiro atoms.